The zero-order chi connectivity index (χ0) is 8.55. The van der Waals surface area contributed by atoms with Crippen molar-refractivity contribution in [2.45, 2.75) is 0 Å². The topological polar surface area (TPSA) is 66.0 Å². The van der Waals surface area contributed by atoms with E-state index in [1.54, 1.807) is 6.20 Å². The van der Waals surface area contributed by atoms with Crippen LogP contribution in [-0.4, -0.2) is 21.0 Å². The Morgan fingerprint density at radius 2 is 2.42 bits per heavy atom. The van der Waals surface area contributed by atoms with Crippen LogP contribution in [0.5, 0.6) is 0 Å². The molecule has 60 valence electrons. The van der Waals surface area contributed by atoms with Gasteiger partial charge in [0, 0.05) is 11.6 Å². The Bertz CT molecular complexity index is 433. The molecular formula is C8H6N2O2. The van der Waals surface area contributed by atoms with Gasteiger partial charge in [-0.15, -0.1) is 0 Å². The van der Waals surface area contributed by atoms with Crippen molar-refractivity contribution in [1.29, 1.82) is 0 Å². The maximum atomic E-state index is 10.5. The number of H-pyrrole nitrogens is 1. The minimum absolute atomic E-state index is 0.0714. The number of rotatable bonds is 1. The highest BCUT2D eigenvalue weighted by Crippen LogP contribution is 2.11. The summed E-state index contributed by atoms with van der Waals surface area (Å²) in [6.45, 7) is 0. The van der Waals surface area contributed by atoms with Crippen molar-refractivity contribution in [3.63, 3.8) is 0 Å². The maximum absolute atomic E-state index is 10.5. The Hall–Kier alpha value is -1.84. The van der Waals surface area contributed by atoms with Crippen molar-refractivity contribution in [1.82, 2.24) is 9.97 Å². The SMILES string of the molecule is O=C(O)c1cc2cc[nH]c2cn1. The van der Waals surface area contributed by atoms with E-state index in [-0.39, 0.29) is 5.69 Å². The first-order valence-electron chi connectivity index (χ1n) is 3.44. The van der Waals surface area contributed by atoms with Crippen LogP contribution in [0.4, 0.5) is 0 Å². The van der Waals surface area contributed by atoms with Crippen LogP contribution in [0.25, 0.3) is 10.9 Å². The number of fused-ring (bicyclic) bond motifs is 1. The normalized spacial score (nSPS) is 10.3. The quantitative estimate of drug-likeness (QED) is 0.663. The summed E-state index contributed by atoms with van der Waals surface area (Å²) in [6, 6.07) is 3.34. The number of aromatic nitrogens is 2. The molecule has 0 spiro atoms. The number of nitrogens with zero attached hydrogens (tertiary/aromatic N) is 1. The molecule has 2 N–H and O–H groups in total. The molecule has 0 unspecified atom stereocenters. The molecule has 0 radical (unpaired) electrons. The molecule has 12 heavy (non-hydrogen) atoms. The van der Waals surface area contributed by atoms with E-state index in [2.05, 4.69) is 9.97 Å². The predicted octanol–water partition coefficient (Wildman–Crippen LogP) is 1.26. The summed E-state index contributed by atoms with van der Waals surface area (Å²) in [7, 11) is 0. The Morgan fingerprint density at radius 3 is 3.17 bits per heavy atom. The Kier molecular flexibility index (Phi) is 1.33. The largest absolute Gasteiger partial charge is 0.477 e. The molecule has 2 heterocycles. The third-order valence-corrected chi connectivity index (χ3v) is 1.66. The third kappa shape index (κ3) is 0.934. The number of nitrogens with one attached hydrogen (secondary N) is 1. The van der Waals surface area contributed by atoms with E-state index >= 15 is 0 Å². The summed E-state index contributed by atoms with van der Waals surface area (Å²) in [6.07, 6.45) is 3.26. The molecule has 0 fully saturated rings. The van der Waals surface area contributed by atoms with E-state index in [1.807, 2.05) is 6.07 Å². The van der Waals surface area contributed by atoms with E-state index < -0.39 is 5.97 Å². The predicted molar refractivity (Wildman–Crippen MR) is 43.1 cm³/mol. The van der Waals surface area contributed by atoms with Crippen molar-refractivity contribution >= 4 is 16.9 Å². The maximum Gasteiger partial charge on any atom is 0.354 e. The number of hydrogen-bond acceptors (Lipinski definition) is 2. The highest BCUT2D eigenvalue weighted by molar-refractivity contribution is 5.90. The van der Waals surface area contributed by atoms with E-state index in [1.165, 1.54) is 12.3 Å². The number of hydrogen-bond donors (Lipinski definition) is 2. The van der Waals surface area contributed by atoms with Gasteiger partial charge >= 0.3 is 5.97 Å². The summed E-state index contributed by atoms with van der Waals surface area (Å²) >= 11 is 0. The van der Waals surface area contributed by atoms with Gasteiger partial charge in [0.2, 0.25) is 0 Å². The molecule has 0 aliphatic carbocycles. The Labute approximate surface area is 67.9 Å². The van der Waals surface area contributed by atoms with Crippen LogP contribution < -0.4 is 0 Å². The molecule has 4 heteroatoms. The second-order valence-corrected chi connectivity index (χ2v) is 2.44. The minimum Gasteiger partial charge on any atom is -0.477 e. The lowest BCUT2D eigenvalue weighted by Gasteiger charge is -1.92. The van der Waals surface area contributed by atoms with Gasteiger partial charge in [-0.1, -0.05) is 0 Å². The molecule has 2 aromatic rings. The van der Waals surface area contributed by atoms with Gasteiger partial charge in [0.25, 0.3) is 0 Å². The fraction of sp³-hybridized carbons (Fsp3) is 0. The van der Waals surface area contributed by atoms with E-state index in [0.29, 0.717) is 0 Å². The van der Waals surface area contributed by atoms with Gasteiger partial charge in [-0.05, 0) is 12.1 Å². The zero-order valence-corrected chi connectivity index (χ0v) is 6.11. The van der Waals surface area contributed by atoms with Crippen LogP contribution in [0.1, 0.15) is 10.5 Å². The monoisotopic (exact) mass is 162 g/mol. The summed E-state index contributed by atoms with van der Waals surface area (Å²) in [5.74, 6) is -1.00. The van der Waals surface area contributed by atoms with Crippen molar-refractivity contribution < 1.29 is 9.90 Å². The van der Waals surface area contributed by atoms with Gasteiger partial charge in [0.1, 0.15) is 5.69 Å². The van der Waals surface area contributed by atoms with Crippen molar-refractivity contribution in [2.75, 3.05) is 0 Å². The van der Waals surface area contributed by atoms with Crippen LogP contribution in [0.2, 0.25) is 0 Å². The summed E-state index contributed by atoms with van der Waals surface area (Å²) in [4.78, 5) is 17.2. The molecule has 0 saturated carbocycles. The molecule has 0 bridgehead atoms. The first kappa shape index (κ1) is 6.84. The molecule has 0 atom stereocenters. The smallest absolute Gasteiger partial charge is 0.354 e. The molecule has 0 amide bonds. The number of carboxylic acid groups (broad SMARTS) is 1. The van der Waals surface area contributed by atoms with Crippen LogP contribution >= 0.6 is 0 Å². The Balaban J connectivity index is 2.68. The standard InChI is InChI=1S/C8H6N2O2/c11-8(12)6-3-5-1-2-9-7(5)4-10-6/h1-4,9H,(H,11,12). The fourth-order valence-electron chi connectivity index (χ4n) is 1.07. The first-order valence-corrected chi connectivity index (χ1v) is 3.44. The zero-order valence-electron chi connectivity index (χ0n) is 6.11. The van der Waals surface area contributed by atoms with Crippen LogP contribution in [-0.2, 0) is 0 Å². The lowest BCUT2D eigenvalue weighted by molar-refractivity contribution is 0.0691. The average molecular weight is 162 g/mol. The van der Waals surface area contributed by atoms with Crippen molar-refractivity contribution in [3.05, 3.63) is 30.2 Å². The van der Waals surface area contributed by atoms with E-state index in [0.717, 1.165) is 10.9 Å². The lowest BCUT2D eigenvalue weighted by Crippen LogP contribution is -1.98. The number of aromatic amines is 1. The highest BCUT2D eigenvalue weighted by Gasteiger charge is 2.04. The van der Waals surface area contributed by atoms with Gasteiger partial charge in [-0.3, -0.25) is 0 Å². The number of carboxylic acids is 1. The van der Waals surface area contributed by atoms with Crippen LogP contribution in [0, 0.1) is 0 Å². The summed E-state index contributed by atoms with van der Waals surface area (Å²) in [5, 5.41) is 9.47. The van der Waals surface area contributed by atoms with E-state index in [9.17, 15) is 4.79 Å². The summed E-state index contributed by atoms with van der Waals surface area (Å²) < 4.78 is 0. The first-order chi connectivity index (χ1) is 5.77. The van der Waals surface area contributed by atoms with Gasteiger partial charge in [-0.2, -0.15) is 0 Å². The number of pyridine rings is 1. The lowest BCUT2D eigenvalue weighted by atomic mass is 10.3. The molecule has 0 aliphatic rings. The second kappa shape index (κ2) is 2.34. The van der Waals surface area contributed by atoms with Gasteiger partial charge < -0.3 is 10.1 Å². The molecule has 4 nitrogen and oxygen atoms in total. The Morgan fingerprint density at radius 1 is 1.58 bits per heavy atom. The van der Waals surface area contributed by atoms with Gasteiger partial charge in [0.05, 0.1) is 11.7 Å². The average Bonchev–Trinajstić information content (AvgIpc) is 2.49. The minimum atomic E-state index is -1.00. The van der Waals surface area contributed by atoms with Gasteiger partial charge in [0.15, 0.2) is 0 Å². The number of aromatic carboxylic acids is 1. The fourth-order valence-corrected chi connectivity index (χ4v) is 1.07. The van der Waals surface area contributed by atoms with Crippen molar-refractivity contribution in [3.8, 4) is 0 Å². The highest BCUT2D eigenvalue weighted by atomic mass is 16.4. The molecule has 0 aromatic carbocycles. The van der Waals surface area contributed by atoms with E-state index in [4.69, 9.17) is 5.11 Å². The van der Waals surface area contributed by atoms with Crippen LogP contribution in [0.15, 0.2) is 24.5 Å². The second-order valence-electron chi connectivity index (χ2n) is 2.44. The van der Waals surface area contributed by atoms with Crippen molar-refractivity contribution in [2.24, 2.45) is 0 Å². The molecular weight excluding hydrogens is 156 g/mol. The molecule has 2 aromatic heterocycles. The molecule has 2 rings (SSSR count). The van der Waals surface area contributed by atoms with Crippen LogP contribution in [0.3, 0.4) is 0 Å². The van der Waals surface area contributed by atoms with Gasteiger partial charge in [-0.25, -0.2) is 9.78 Å². The third-order valence-electron chi connectivity index (χ3n) is 1.66. The molecule has 0 saturated heterocycles. The summed E-state index contributed by atoms with van der Waals surface area (Å²) in [5.41, 5.74) is 0.919. The number of carbonyl (C=O) groups is 1. The molecule has 0 aliphatic heterocycles.